The van der Waals surface area contributed by atoms with Crippen molar-refractivity contribution < 1.29 is 15.0 Å². The van der Waals surface area contributed by atoms with Crippen LogP contribution < -0.4 is 5.32 Å². The van der Waals surface area contributed by atoms with E-state index < -0.39 is 12.1 Å². The Labute approximate surface area is 310 Å². The number of hydrogen-bond acceptors (Lipinski definition) is 3. The van der Waals surface area contributed by atoms with E-state index in [9.17, 15) is 15.0 Å². The molecule has 2 atom stereocenters. The SMILES string of the molecule is CC/C=C\C/C=C\C/C=C\C/C=C\C/C=C\C/C=C\C/C=C\CCCCCC(=O)NC(CO)C(O)CCCCCCCCCCCCCCC. The average molecular weight is 694 g/mol. The van der Waals surface area contributed by atoms with Crippen molar-refractivity contribution in [1.29, 1.82) is 0 Å². The van der Waals surface area contributed by atoms with E-state index in [2.05, 4.69) is 104 Å². The fourth-order valence-corrected chi connectivity index (χ4v) is 5.75. The molecule has 0 aliphatic heterocycles. The molecule has 0 aromatic carbocycles. The van der Waals surface area contributed by atoms with E-state index >= 15 is 0 Å². The molecular formula is C46H79NO3. The monoisotopic (exact) mass is 694 g/mol. The maximum Gasteiger partial charge on any atom is 0.220 e. The van der Waals surface area contributed by atoms with Crippen LogP contribution in [0.15, 0.2) is 85.1 Å². The summed E-state index contributed by atoms with van der Waals surface area (Å²) < 4.78 is 0. The molecule has 4 heteroatoms. The molecule has 0 saturated heterocycles. The van der Waals surface area contributed by atoms with Crippen LogP contribution >= 0.6 is 0 Å². The molecule has 4 nitrogen and oxygen atoms in total. The number of amides is 1. The number of allylic oxidation sites excluding steroid dienone is 14. The number of hydrogen-bond donors (Lipinski definition) is 3. The molecule has 0 aromatic heterocycles. The van der Waals surface area contributed by atoms with Crippen molar-refractivity contribution in [3.05, 3.63) is 85.1 Å². The fraction of sp³-hybridized carbons (Fsp3) is 0.674. The third-order valence-corrected chi connectivity index (χ3v) is 8.92. The smallest absolute Gasteiger partial charge is 0.220 e. The van der Waals surface area contributed by atoms with Gasteiger partial charge in [0.2, 0.25) is 5.91 Å². The molecule has 0 radical (unpaired) electrons. The molecule has 0 bridgehead atoms. The van der Waals surface area contributed by atoms with Gasteiger partial charge in [0.1, 0.15) is 0 Å². The van der Waals surface area contributed by atoms with E-state index in [0.29, 0.717) is 12.8 Å². The van der Waals surface area contributed by atoms with Crippen LogP contribution in [0, 0.1) is 0 Å². The summed E-state index contributed by atoms with van der Waals surface area (Å²) >= 11 is 0. The Morgan fingerprint density at radius 2 is 0.880 bits per heavy atom. The summed E-state index contributed by atoms with van der Waals surface area (Å²) in [7, 11) is 0. The van der Waals surface area contributed by atoms with E-state index in [-0.39, 0.29) is 12.5 Å². The van der Waals surface area contributed by atoms with Crippen molar-refractivity contribution >= 4 is 5.91 Å². The fourth-order valence-electron chi connectivity index (χ4n) is 5.75. The van der Waals surface area contributed by atoms with Crippen LogP contribution in [0.4, 0.5) is 0 Å². The highest BCUT2D eigenvalue weighted by atomic mass is 16.3. The molecule has 286 valence electrons. The van der Waals surface area contributed by atoms with Crippen LogP contribution in [0.5, 0.6) is 0 Å². The van der Waals surface area contributed by atoms with Crippen molar-refractivity contribution in [3.8, 4) is 0 Å². The van der Waals surface area contributed by atoms with Crippen LogP contribution in [-0.2, 0) is 4.79 Å². The number of rotatable bonds is 36. The summed E-state index contributed by atoms with van der Waals surface area (Å²) in [5.41, 5.74) is 0. The average Bonchev–Trinajstić information content (AvgIpc) is 3.12. The van der Waals surface area contributed by atoms with Crippen molar-refractivity contribution in [2.24, 2.45) is 0 Å². The van der Waals surface area contributed by atoms with Crippen LogP contribution in [0.1, 0.15) is 181 Å². The highest BCUT2D eigenvalue weighted by molar-refractivity contribution is 5.76. The first-order chi connectivity index (χ1) is 24.7. The zero-order chi connectivity index (χ0) is 36.4. The maximum atomic E-state index is 12.4. The highest BCUT2D eigenvalue weighted by Gasteiger charge is 2.19. The van der Waals surface area contributed by atoms with Gasteiger partial charge in [0, 0.05) is 6.42 Å². The molecule has 2 unspecified atom stereocenters. The van der Waals surface area contributed by atoms with Gasteiger partial charge >= 0.3 is 0 Å². The predicted molar refractivity (Wildman–Crippen MR) is 220 cm³/mol. The lowest BCUT2D eigenvalue weighted by Crippen LogP contribution is -2.45. The second-order valence-electron chi connectivity index (χ2n) is 13.7. The van der Waals surface area contributed by atoms with Crippen molar-refractivity contribution in [1.82, 2.24) is 5.32 Å². The second kappa shape index (κ2) is 41.0. The lowest BCUT2D eigenvalue weighted by Gasteiger charge is -2.22. The van der Waals surface area contributed by atoms with Crippen LogP contribution in [0.2, 0.25) is 0 Å². The number of unbranched alkanes of at least 4 members (excludes halogenated alkanes) is 15. The maximum absolute atomic E-state index is 12.4. The standard InChI is InChI=1S/C46H79NO3/c1-3-5-7-9-11-13-15-17-18-19-20-21-22-23-24-25-26-27-28-30-32-34-36-38-40-42-46(50)47-44(43-48)45(49)41-39-37-35-33-31-29-16-14-12-10-8-6-4-2/h5,7,11,13,17-18,20-21,23-24,26-27,30,32,44-45,48-49H,3-4,6,8-10,12,14-16,19,22,25,28-29,31,33-43H2,1-2H3,(H,47,50)/b7-5-,13-11-,18-17-,21-20-,24-23-,27-26-,32-30-. The number of aliphatic hydroxyl groups excluding tert-OH is 2. The molecule has 3 N–H and O–H groups in total. The molecule has 0 saturated carbocycles. The predicted octanol–water partition coefficient (Wildman–Crippen LogP) is 12.9. The Kier molecular flexibility index (Phi) is 39.0. The number of nitrogens with one attached hydrogen (secondary N) is 1. The van der Waals surface area contributed by atoms with E-state index in [1.165, 1.54) is 70.6 Å². The first-order valence-electron chi connectivity index (χ1n) is 20.8. The molecule has 0 fully saturated rings. The van der Waals surface area contributed by atoms with Gasteiger partial charge in [-0.15, -0.1) is 0 Å². The quantitative estimate of drug-likeness (QED) is 0.0452. The summed E-state index contributed by atoms with van der Waals surface area (Å²) in [4.78, 5) is 12.4. The van der Waals surface area contributed by atoms with Crippen LogP contribution in [0.25, 0.3) is 0 Å². The molecular weight excluding hydrogens is 615 g/mol. The summed E-state index contributed by atoms with van der Waals surface area (Å²) in [6.07, 6.45) is 59.3. The van der Waals surface area contributed by atoms with E-state index in [4.69, 9.17) is 0 Å². The Balaban J connectivity index is 3.70. The summed E-state index contributed by atoms with van der Waals surface area (Å²) in [6.45, 7) is 4.21. The molecule has 0 rings (SSSR count). The van der Waals surface area contributed by atoms with E-state index in [1.54, 1.807) is 0 Å². The Bertz CT molecular complexity index is 926. The van der Waals surface area contributed by atoms with Gasteiger partial charge in [-0.05, 0) is 70.6 Å². The van der Waals surface area contributed by atoms with Gasteiger partial charge in [-0.2, -0.15) is 0 Å². The van der Waals surface area contributed by atoms with Gasteiger partial charge in [0.25, 0.3) is 0 Å². The van der Waals surface area contributed by atoms with Gasteiger partial charge in [-0.3, -0.25) is 4.79 Å². The first-order valence-corrected chi connectivity index (χ1v) is 20.8. The molecule has 1 amide bonds. The van der Waals surface area contributed by atoms with Gasteiger partial charge in [-0.1, -0.05) is 189 Å². The van der Waals surface area contributed by atoms with Gasteiger partial charge < -0.3 is 15.5 Å². The van der Waals surface area contributed by atoms with Gasteiger partial charge in [-0.25, -0.2) is 0 Å². The minimum Gasteiger partial charge on any atom is -0.394 e. The topological polar surface area (TPSA) is 69.6 Å². The minimum atomic E-state index is -0.678. The van der Waals surface area contributed by atoms with Crippen molar-refractivity contribution in [2.45, 2.75) is 193 Å². The largest absolute Gasteiger partial charge is 0.394 e. The van der Waals surface area contributed by atoms with Crippen molar-refractivity contribution in [3.63, 3.8) is 0 Å². The second-order valence-corrected chi connectivity index (χ2v) is 13.7. The summed E-state index contributed by atoms with van der Waals surface area (Å²) in [6, 6.07) is -0.559. The molecule has 0 aromatic rings. The third kappa shape index (κ3) is 36.8. The van der Waals surface area contributed by atoms with Gasteiger partial charge in [0.15, 0.2) is 0 Å². The third-order valence-electron chi connectivity index (χ3n) is 8.92. The Morgan fingerprint density at radius 3 is 1.30 bits per heavy atom. The van der Waals surface area contributed by atoms with Crippen molar-refractivity contribution in [2.75, 3.05) is 6.61 Å². The molecule has 0 spiro atoms. The number of carbonyl (C=O) groups is 1. The van der Waals surface area contributed by atoms with Crippen LogP contribution in [-0.4, -0.2) is 34.9 Å². The number of carbonyl (C=O) groups excluding carboxylic acids is 1. The molecule has 0 heterocycles. The zero-order valence-electron chi connectivity index (χ0n) is 32.6. The molecule has 0 aliphatic carbocycles. The van der Waals surface area contributed by atoms with Gasteiger partial charge in [0.05, 0.1) is 18.8 Å². The highest BCUT2D eigenvalue weighted by Crippen LogP contribution is 2.14. The van der Waals surface area contributed by atoms with Crippen LogP contribution in [0.3, 0.4) is 0 Å². The van der Waals surface area contributed by atoms with E-state index in [1.807, 2.05) is 0 Å². The minimum absolute atomic E-state index is 0.0679. The Morgan fingerprint density at radius 1 is 0.500 bits per heavy atom. The lowest BCUT2D eigenvalue weighted by atomic mass is 10.0. The summed E-state index contributed by atoms with van der Waals surface area (Å²) in [5.74, 6) is -0.0679. The zero-order valence-corrected chi connectivity index (χ0v) is 32.6. The molecule has 0 aliphatic rings. The first kappa shape index (κ1) is 47.6. The lowest BCUT2D eigenvalue weighted by molar-refractivity contribution is -0.123. The number of aliphatic hydroxyl groups is 2. The normalized spacial score (nSPS) is 13.9. The Hall–Kier alpha value is -2.43. The van der Waals surface area contributed by atoms with E-state index in [0.717, 1.165) is 83.5 Å². The molecule has 50 heavy (non-hydrogen) atoms. The summed E-state index contributed by atoms with van der Waals surface area (Å²) in [5, 5.41) is 23.1.